The van der Waals surface area contributed by atoms with E-state index in [2.05, 4.69) is 31.3 Å². The van der Waals surface area contributed by atoms with Crippen LogP contribution in [0.3, 0.4) is 0 Å². The Morgan fingerprint density at radius 3 is 2.24 bits per heavy atom. The summed E-state index contributed by atoms with van der Waals surface area (Å²) >= 11 is 0. The number of nitrogens with one attached hydrogen (secondary N) is 1. The van der Waals surface area contributed by atoms with E-state index in [4.69, 9.17) is 9.47 Å². The molecule has 2 rings (SSSR count). The van der Waals surface area contributed by atoms with Crippen molar-refractivity contribution in [3.05, 3.63) is 53.6 Å². The van der Waals surface area contributed by atoms with Crippen LogP contribution < -0.4 is 14.8 Å². The normalized spacial score (nSPS) is 11.9. The molecule has 1 atom stereocenters. The van der Waals surface area contributed by atoms with Crippen LogP contribution in [-0.2, 0) is 11.2 Å². The molecule has 0 heterocycles. The van der Waals surface area contributed by atoms with Crippen molar-refractivity contribution in [1.29, 1.82) is 0 Å². The standard InChI is InChI=1S/C21H27NO3/c1-14(2)12-16-6-8-17(9-7-16)15(3)21(23)22-19-13-18(24-4)10-11-20(19)25-5/h6-11,13-15H,12H2,1-5H3,(H,22,23)/t15-/m0/s1. The molecule has 0 aliphatic carbocycles. The summed E-state index contributed by atoms with van der Waals surface area (Å²) in [6, 6.07) is 13.6. The fourth-order valence-corrected chi connectivity index (χ4v) is 2.72. The molecule has 4 heteroatoms. The first-order chi connectivity index (χ1) is 11.9. The summed E-state index contributed by atoms with van der Waals surface area (Å²) in [4.78, 5) is 12.6. The number of rotatable bonds is 7. The Labute approximate surface area is 150 Å². The van der Waals surface area contributed by atoms with Crippen LogP contribution in [-0.4, -0.2) is 20.1 Å². The Morgan fingerprint density at radius 2 is 1.68 bits per heavy atom. The minimum absolute atomic E-state index is 0.0804. The van der Waals surface area contributed by atoms with Crippen LogP contribution in [0.2, 0.25) is 0 Å². The molecule has 2 aromatic rings. The SMILES string of the molecule is COc1ccc(OC)c(NC(=O)[C@@H](C)c2ccc(CC(C)C)cc2)c1. The number of benzene rings is 2. The zero-order valence-electron chi connectivity index (χ0n) is 15.6. The Balaban J connectivity index is 2.12. The number of methoxy groups -OCH3 is 2. The highest BCUT2D eigenvalue weighted by Crippen LogP contribution is 2.30. The third-order valence-corrected chi connectivity index (χ3v) is 4.18. The monoisotopic (exact) mass is 341 g/mol. The van der Waals surface area contributed by atoms with E-state index in [0.717, 1.165) is 12.0 Å². The van der Waals surface area contributed by atoms with Crippen molar-refractivity contribution < 1.29 is 14.3 Å². The molecule has 0 aromatic heterocycles. The third-order valence-electron chi connectivity index (χ3n) is 4.18. The molecule has 0 bridgehead atoms. The molecular weight excluding hydrogens is 314 g/mol. The lowest BCUT2D eigenvalue weighted by molar-refractivity contribution is -0.117. The number of carbonyl (C=O) groups excluding carboxylic acids is 1. The number of hydrogen-bond donors (Lipinski definition) is 1. The van der Waals surface area contributed by atoms with Gasteiger partial charge in [0.1, 0.15) is 11.5 Å². The fraction of sp³-hybridized carbons (Fsp3) is 0.381. The molecule has 134 valence electrons. The van der Waals surface area contributed by atoms with Crippen LogP contribution >= 0.6 is 0 Å². The number of ether oxygens (including phenoxy) is 2. The second-order valence-electron chi connectivity index (χ2n) is 6.62. The van der Waals surface area contributed by atoms with Crippen LogP contribution in [0, 0.1) is 5.92 Å². The molecule has 2 aromatic carbocycles. The van der Waals surface area contributed by atoms with Crippen molar-refractivity contribution in [2.75, 3.05) is 19.5 Å². The number of hydrogen-bond acceptors (Lipinski definition) is 3. The van der Waals surface area contributed by atoms with Crippen molar-refractivity contribution in [1.82, 2.24) is 0 Å². The van der Waals surface area contributed by atoms with E-state index in [0.29, 0.717) is 23.1 Å². The van der Waals surface area contributed by atoms with Gasteiger partial charge in [-0.1, -0.05) is 38.1 Å². The van der Waals surface area contributed by atoms with Crippen LogP contribution in [0.15, 0.2) is 42.5 Å². The van der Waals surface area contributed by atoms with Gasteiger partial charge in [-0.05, 0) is 42.5 Å². The second kappa shape index (κ2) is 8.56. The Kier molecular flexibility index (Phi) is 6.45. The van der Waals surface area contributed by atoms with Crippen molar-refractivity contribution in [2.24, 2.45) is 5.92 Å². The molecule has 0 radical (unpaired) electrons. The highest BCUT2D eigenvalue weighted by Gasteiger charge is 2.17. The summed E-state index contributed by atoms with van der Waals surface area (Å²) in [7, 11) is 3.17. The maximum absolute atomic E-state index is 12.6. The molecule has 1 N–H and O–H groups in total. The Morgan fingerprint density at radius 1 is 1.00 bits per heavy atom. The summed E-state index contributed by atoms with van der Waals surface area (Å²) in [6.07, 6.45) is 1.04. The van der Waals surface area contributed by atoms with Gasteiger partial charge in [0.25, 0.3) is 0 Å². The highest BCUT2D eigenvalue weighted by molar-refractivity contribution is 5.97. The van der Waals surface area contributed by atoms with E-state index in [1.807, 2.05) is 19.1 Å². The van der Waals surface area contributed by atoms with Gasteiger partial charge in [0.2, 0.25) is 5.91 Å². The molecule has 4 nitrogen and oxygen atoms in total. The molecule has 0 aliphatic rings. The number of carbonyl (C=O) groups is 1. The largest absolute Gasteiger partial charge is 0.497 e. The average Bonchev–Trinajstić information content (AvgIpc) is 2.61. The summed E-state index contributed by atoms with van der Waals surface area (Å²) in [5, 5.41) is 2.94. The molecule has 0 fully saturated rings. The predicted molar refractivity (Wildman–Crippen MR) is 102 cm³/mol. The second-order valence-corrected chi connectivity index (χ2v) is 6.62. The molecule has 0 spiro atoms. The van der Waals surface area contributed by atoms with Crippen molar-refractivity contribution in [3.63, 3.8) is 0 Å². The minimum atomic E-state index is -0.260. The molecule has 0 unspecified atom stereocenters. The third kappa shape index (κ3) is 4.99. The summed E-state index contributed by atoms with van der Waals surface area (Å²) in [5.41, 5.74) is 2.89. The summed E-state index contributed by atoms with van der Waals surface area (Å²) in [6.45, 7) is 6.30. The lowest BCUT2D eigenvalue weighted by Crippen LogP contribution is -2.19. The Hall–Kier alpha value is -2.49. The summed E-state index contributed by atoms with van der Waals surface area (Å²) < 4.78 is 10.5. The topological polar surface area (TPSA) is 47.6 Å². The van der Waals surface area contributed by atoms with Crippen molar-refractivity contribution >= 4 is 11.6 Å². The van der Waals surface area contributed by atoms with Crippen molar-refractivity contribution in [3.8, 4) is 11.5 Å². The minimum Gasteiger partial charge on any atom is -0.497 e. The van der Waals surface area contributed by atoms with E-state index in [9.17, 15) is 4.79 Å². The molecular formula is C21H27NO3. The predicted octanol–water partition coefficient (Wildman–Crippen LogP) is 4.64. The molecule has 25 heavy (non-hydrogen) atoms. The smallest absolute Gasteiger partial charge is 0.231 e. The van der Waals surface area contributed by atoms with Crippen LogP contribution in [0.5, 0.6) is 11.5 Å². The maximum Gasteiger partial charge on any atom is 0.231 e. The zero-order valence-corrected chi connectivity index (χ0v) is 15.6. The van der Waals surface area contributed by atoms with Gasteiger partial charge in [0.15, 0.2) is 0 Å². The van der Waals surface area contributed by atoms with Crippen molar-refractivity contribution in [2.45, 2.75) is 33.1 Å². The van der Waals surface area contributed by atoms with E-state index >= 15 is 0 Å². The maximum atomic E-state index is 12.6. The van der Waals surface area contributed by atoms with Gasteiger partial charge in [0, 0.05) is 6.07 Å². The lowest BCUT2D eigenvalue weighted by Gasteiger charge is -2.16. The van der Waals surface area contributed by atoms with Crippen LogP contribution in [0.25, 0.3) is 0 Å². The first kappa shape index (κ1) is 18.8. The van der Waals surface area contributed by atoms with Gasteiger partial charge in [-0.15, -0.1) is 0 Å². The number of amides is 1. The van der Waals surface area contributed by atoms with E-state index in [1.165, 1.54) is 5.56 Å². The van der Waals surface area contributed by atoms with Gasteiger partial charge in [0.05, 0.1) is 25.8 Å². The number of anilines is 1. The van der Waals surface area contributed by atoms with Gasteiger partial charge < -0.3 is 14.8 Å². The quantitative estimate of drug-likeness (QED) is 0.798. The van der Waals surface area contributed by atoms with Crippen LogP contribution in [0.1, 0.15) is 37.8 Å². The highest BCUT2D eigenvalue weighted by atomic mass is 16.5. The zero-order chi connectivity index (χ0) is 18.4. The van der Waals surface area contributed by atoms with E-state index in [-0.39, 0.29) is 11.8 Å². The van der Waals surface area contributed by atoms with E-state index in [1.54, 1.807) is 32.4 Å². The average molecular weight is 341 g/mol. The van der Waals surface area contributed by atoms with Gasteiger partial charge in [-0.3, -0.25) is 4.79 Å². The van der Waals surface area contributed by atoms with Gasteiger partial charge >= 0.3 is 0 Å². The molecule has 0 saturated heterocycles. The Bertz CT molecular complexity index is 708. The first-order valence-corrected chi connectivity index (χ1v) is 8.56. The molecule has 0 saturated carbocycles. The van der Waals surface area contributed by atoms with Gasteiger partial charge in [-0.25, -0.2) is 0 Å². The molecule has 0 aliphatic heterocycles. The van der Waals surface area contributed by atoms with Crippen LogP contribution in [0.4, 0.5) is 5.69 Å². The lowest BCUT2D eigenvalue weighted by atomic mass is 9.96. The van der Waals surface area contributed by atoms with Gasteiger partial charge in [-0.2, -0.15) is 0 Å². The fourth-order valence-electron chi connectivity index (χ4n) is 2.72. The first-order valence-electron chi connectivity index (χ1n) is 8.56. The summed E-state index contributed by atoms with van der Waals surface area (Å²) in [5.74, 6) is 1.55. The van der Waals surface area contributed by atoms with E-state index < -0.39 is 0 Å². The molecule has 1 amide bonds.